The monoisotopic (exact) mass is 223 g/mol. The van der Waals surface area contributed by atoms with Gasteiger partial charge in [-0.25, -0.2) is 0 Å². The average Bonchev–Trinajstić information content (AvgIpc) is 2.24. The number of rotatable bonds is 5. The van der Waals surface area contributed by atoms with Crippen molar-refractivity contribution >= 4 is 17.3 Å². The van der Waals surface area contributed by atoms with Gasteiger partial charge in [0.15, 0.2) is 0 Å². The van der Waals surface area contributed by atoms with E-state index in [1.807, 2.05) is 6.92 Å². The molecule has 0 aliphatic rings. The first kappa shape index (κ1) is 12.3. The third-order valence-corrected chi connectivity index (χ3v) is 2.06. The van der Waals surface area contributed by atoms with Crippen molar-refractivity contribution in [1.82, 2.24) is 5.32 Å². The van der Waals surface area contributed by atoms with Gasteiger partial charge in [0.2, 0.25) is 0 Å². The molecule has 0 bridgehead atoms. The Morgan fingerprint density at radius 3 is 2.81 bits per heavy atom. The molecule has 0 aromatic heterocycles. The van der Waals surface area contributed by atoms with Crippen LogP contribution in [-0.4, -0.2) is 25.7 Å². The molecule has 0 heterocycles. The van der Waals surface area contributed by atoms with Gasteiger partial charge >= 0.3 is 0 Å². The van der Waals surface area contributed by atoms with Gasteiger partial charge in [-0.1, -0.05) is 0 Å². The molecule has 5 nitrogen and oxygen atoms in total. The van der Waals surface area contributed by atoms with Crippen LogP contribution in [-0.2, 0) is 4.74 Å². The van der Waals surface area contributed by atoms with Crippen LogP contribution in [0.2, 0.25) is 0 Å². The van der Waals surface area contributed by atoms with Crippen LogP contribution < -0.4 is 16.8 Å². The Balaban J connectivity index is 2.53. The Kier molecular flexibility index (Phi) is 4.60. The minimum absolute atomic E-state index is 0.211. The fourth-order valence-electron chi connectivity index (χ4n) is 1.26. The lowest BCUT2D eigenvalue weighted by Crippen LogP contribution is -2.27. The van der Waals surface area contributed by atoms with Crippen LogP contribution in [0, 0.1) is 0 Å². The van der Waals surface area contributed by atoms with Crippen molar-refractivity contribution in [3.05, 3.63) is 23.8 Å². The van der Waals surface area contributed by atoms with E-state index in [-0.39, 0.29) is 5.91 Å². The predicted molar refractivity (Wildman–Crippen MR) is 64.1 cm³/mol. The van der Waals surface area contributed by atoms with E-state index in [4.69, 9.17) is 16.2 Å². The highest BCUT2D eigenvalue weighted by atomic mass is 16.5. The first-order valence-electron chi connectivity index (χ1n) is 5.16. The van der Waals surface area contributed by atoms with Gasteiger partial charge in [-0.15, -0.1) is 0 Å². The molecule has 0 spiro atoms. The Hall–Kier alpha value is -1.75. The van der Waals surface area contributed by atoms with Crippen molar-refractivity contribution in [1.29, 1.82) is 0 Å². The molecule has 1 amide bonds. The standard InChI is InChI=1S/C11H17N3O2/c1-2-16-6-5-14-11(15)9-4-3-8(12)7-10(9)13/h3-4,7H,2,5-6,12-13H2,1H3,(H,14,15). The molecule has 1 aromatic carbocycles. The zero-order valence-electron chi connectivity index (χ0n) is 9.32. The SMILES string of the molecule is CCOCCNC(=O)c1ccc(N)cc1N. The zero-order chi connectivity index (χ0) is 12.0. The summed E-state index contributed by atoms with van der Waals surface area (Å²) in [5.41, 5.74) is 12.6. The van der Waals surface area contributed by atoms with Crippen LogP contribution in [0.5, 0.6) is 0 Å². The van der Waals surface area contributed by atoms with E-state index in [2.05, 4.69) is 5.32 Å². The minimum atomic E-state index is -0.211. The molecule has 0 unspecified atom stereocenters. The minimum Gasteiger partial charge on any atom is -0.399 e. The van der Waals surface area contributed by atoms with Crippen LogP contribution in [0.3, 0.4) is 0 Å². The van der Waals surface area contributed by atoms with Gasteiger partial charge in [0.1, 0.15) is 0 Å². The third-order valence-electron chi connectivity index (χ3n) is 2.06. The number of nitrogens with one attached hydrogen (secondary N) is 1. The van der Waals surface area contributed by atoms with E-state index >= 15 is 0 Å². The van der Waals surface area contributed by atoms with Gasteiger partial charge in [0.05, 0.1) is 12.2 Å². The number of hydrogen-bond donors (Lipinski definition) is 3. The van der Waals surface area contributed by atoms with Gasteiger partial charge in [0.25, 0.3) is 5.91 Å². The topological polar surface area (TPSA) is 90.4 Å². The predicted octanol–water partition coefficient (Wildman–Crippen LogP) is 0.617. The Morgan fingerprint density at radius 1 is 1.44 bits per heavy atom. The second-order valence-electron chi connectivity index (χ2n) is 3.30. The summed E-state index contributed by atoms with van der Waals surface area (Å²) in [6, 6.07) is 4.83. The summed E-state index contributed by atoms with van der Waals surface area (Å²) in [4.78, 5) is 11.7. The zero-order valence-corrected chi connectivity index (χ0v) is 9.32. The van der Waals surface area contributed by atoms with Gasteiger partial charge in [-0.05, 0) is 25.1 Å². The summed E-state index contributed by atoms with van der Waals surface area (Å²) in [7, 11) is 0. The van der Waals surface area contributed by atoms with E-state index in [0.717, 1.165) is 0 Å². The maximum Gasteiger partial charge on any atom is 0.253 e. The summed E-state index contributed by atoms with van der Waals surface area (Å²) in [5.74, 6) is -0.211. The van der Waals surface area contributed by atoms with Gasteiger partial charge in [0, 0.05) is 24.5 Å². The van der Waals surface area contributed by atoms with Crippen LogP contribution >= 0.6 is 0 Å². The molecule has 0 saturated heterocycles. The smallest absolute Gasteiger partial charge is 0.253 e. The molecule has 0 aliphatic carbocycles. The molecule has 16 heavy (non-hydrogen) atoms. The fourth-order valence-corrected chi connectivity index (χ4v) is 1.26. The van der Waals surface area contributed by atoms with Crippen molar-refractivity contribution in [3.63, 3.8) is 0 Å². The first-order valence-corrected chi connectivity index (χ1v) is 5.16. The lowest BCUT2D eigenvalue weighted by atomic mass is 10.1. The third kappa shape index (κ3) is 3.43. The molecule has 0 aliphatic heterocycles. The lowest BCUT2D eigenvalue weighted by Gasteiger charge is -2.08. The molecule has 0 fully saturated rings. The number of hydrogen-bond acceptors (Lipinski definition) is 4. The highest BCUT2D eigenvalue weighted by Gasteiger charge is 2.08. The molecular weight excluding hydrogens is 206 g/mol. The number of carbonyl (C=O) groups is 1. The summed E-state index contributed by atoms with van der Waals surface area (Å²) in [6.45, 7) is 3.51. The maximum absolute atomic E-state index is 11.7. The normalized spacial score (nSPS) is 10.1. The average molecular weight is 223 g/mol. The van der Waals surface area contributed by atoms with Gasteiger partial charge in [-0.2, -0.15) is 0 Å². The van der Waals surface area contributed by atoms with E-state index in [9.17, 15) is 4.79 Å². The number of benzene rings is 1. The van der Waals surface area contributed by atoms with Gasteiger partial charge in [-0.3, -0.25) is 4.79 Å². The highest BCUT2D eigenvalue weighted by molar-refractivity contribution is 5.99. The Bertz CT molecular complexity index is 366. The molecule has 5 heteroatoms. The number of ether oxygens (including phenoxy) is 1. The van der Waals surface area contributed by atoms with Crippen molar-refractivity contribution in [2.24, 2.45) is 0 Å². The molecule has 0 radical (unpaired) electrons. The lowest BCUT2D eigenvalue weighted by molar-refractivity contribution is 0.0923. The number of amides is 1. The molecule has 88 valence electrons. The quantitative estimate of drug-likeness (QED) is 0.504. The number of nitrogens with two attached hydrogens (primary N) is 2. The van der Waals surface area contributed by atoms with Crippen molar-refractivity contribution in [3.8, 4) is 0 Å². The Morgan fingerprint density at radius 2 is 2.19 bits per heavy atom. The molecule has 1 rings (SSSR count). The van der Waals surface area contributed by atoms with E-state index in [0.29, 0.717) is 36.7 Å². The van der Waals surface area contributed by atoms with Crippen molar-refractivity contribution in [2.75, 3.05) is 31.2 Å². The first-order chi connectivity index (χ1) is 7.65. The number of anilines is 2. The molecule has 1 aromatic rings. The highest BCUT2D eigenvalue weighted by Crippen LogP contribution is 2.15. The van der Waals surface area contributed by atoms with Crippen LogP contribution in [0.4, 0.5) is 11.4 Å². The van der Waals surface area contributed by atoms with Crippen LogP contribution in [0.25, 0.3) is 0 Å². The van der Waals surface area contributed by atoms with E-state index < -0.39 is 0 Å². The van der Waals surface area contributed by atoms with Gasteiger partial charge < -0.3 is 21.5 Å². The summed E-state index contributed by atoms with van der Waals surface area (Å²) in [6.07, 6.45) is 0. The maximum atomic E-state index is 11.7. The summed E-state index contributed by atoms with van der Waals surface area (Å²) < 4.78 is 5.10. The fraction of sp³-hybridized carbons (Fsp3) is 0.364. The molecular formula is C11H17N3O2. The van der Waals surface area contributed by atoms with E-state index in [1.54, 1.807) is 18.2 Å². The second-order valence-corrected chi connectivity index (χ2v) is 3.30. The molecule has 0 atom stereocenters. The van der Waals surface area contributed by atoms with E-state index in [1.165, 1.54) is 0 Å². The van der Waals surface area contributed by atoms with Crippen LogP contribution in [0.15, 0.2) is 18.2 Å². The Labute approximate surface area is 94.8 Å². The summed E-state index contributed by atoms with van der Waals surface area (Å²) >= 11 is 0. The molecule has 5 N–H and O–H groups in total. The molecule has 0 saturated carbocycles. The van der Waals surface area contributed by atoms with Crippen molar-refractivity contribution in [2.45, 2.75) is 6.92 Å². The van der Waals surface area contributed by atoms with Crippen LogP contribution in [0.1, 0.15) is 17.3 Å². The number of nitrogen functional groups attached to an aromatic ring is 2. The van der Waals surface area contributed by atoms with Crippen molar-refractivity contribution < 1.29 is 9.53 Å². The largest absolute Gasteiger partial charge is 0.399 e. The summed E-state index contributed by atoms with van der Waals surface area (Å²) in [5, 5.41) is 2.71. The number of carbonyl (C=O) groups excluding carboxylic acids is 1. The second kappa shape index (κ2) is 5.97.